The number of rotatable bonds is 4. The molecule has 0 saturated carbocycles. The van der Waals surface area contributed by atoms with Crippen LogP contribution in [-0.4, -0.2) is 44.6 Å². The first-order valence-corrected chi connectivity index (χ1v) is 8.51. The predicted molar refractivity (Wildman–Crippen MR) is 98.4 cm³/mol. The number of benzene rings is 1. The molecule has 0 radical (unpaired) electrons. The van der Waals surface area contributed by atoms with Crippen LogP contribution in [0.5, 0.6) is 0 Å². The average Bonchev–Trinajstić information content (AvgIpc) is 2.95. The Morgan fingerprint density at radius 2 is 2.04 bits per heavy atom. The summed E-state index contributed by atoms with van der Waals surface area (Å²) in [6.45, 7) is 0.662. The smallest absolute Gasteiger partial charge is 0.165 e. The van der Waals surface area contributed by atoms with Gasteiger partial charge in [-0.05, 0) is 18.2 Å². The maximum Gasteiger partial charge on any atom is 0.165 e. The molecule has 0 fully saturated rings. The van der Waals surface area contributed by atoms with Crippen molar-refractivity contribution in [3.8, 4) is 5.69 Å². The third-order valence-electron chi connectivity index (χ3n) is 4.00. The zero-order valence-corrected chi connectivity index (χ0v) is 15.2. The summed E-state index contributed by atoms with van der Waals surface area (Å²) in [7, 11) is 3.64. The Hall–Kier alpha value is -2.61. The number of hydrogen-bond donors (Lipinski definition) is 0. The third-order valence-corrected chi connectivity index (χ3v) is 4.31. The lowest BCUT2D eigenvalue weighted by Gasteiger charge is -2.15. The van der Waals surface area contributed by atoms with Gasteiger partial charge in [-0.1, -0.05) is 29.8 Å². The van der Waals surface area contributed by atoms with Crippen LogP contribution in [0, 0.1) is 0 Å². The number of halogens is 1. The van der Waals surface area contributed by atoms with Crippen molar-refractivity contribution < 1.29 is 4.84 Å². The molecule has 0 unspecified atom stereocenters. The summed E-state index contributed by atoms with van der Waals surface area (Å²) in [6, 6.07) is 11.5. The molecule has 0 spiro atoms. The van der Waals surface area contributed by atoms with Crippen LogP contribution in [0.2, 0.25) is 5.02 Å². The van der Waals surface area contributed by atoms with Gasteiger partial charge in [0.05, 0.1) is 22.1 Å². The molecule has 0 amide bonds. The van der Waals surface area contributed by atoms with E-state index < -0.39 is 0 Å². The van der Waals surface area contributed by atoms with Gasteiger partial charge in [-0.15, -0.1) is 10.2 Å². The molecule has 132 valence electrons. The lowest BCUT2D eigenvalue weighted by atomic mass is 10.0. The first kappa shape index (κ1) is 16.8. The second-order valence-electron chi connectivity index (χ2n) is 5.97. The number of aliphatic imine (C=N–C) groups is 1. The molecular formula is C18H17ClN6O. The highest BCUT2D eigenvalue weighted by atomic mass is 35.5. The van der Waals surface area contributed by atoms with Crippen molar-refractivity contribution in [3.63, 3.8) is 0 Å². The SMILES string of the molecule is CN(C)OCc1nnc2n1-c1c(Cl)cccc1C(c1ccccn1)=NC2. The van der Waals surface area contributed by atoms with Crippen molar-refractivity contribution in [1.82, 2.24) is 24.8 Å². The first-order valence-electron chi connectivity index (χ1n) is 8.13. The molecule has 0 aliphatic carbocycles. The standard InChI is InChI=1S/C18H17ClN6O/c1-24(2)26-11-16-23-22-15-10-21-17(14-8-3-4-9-20-14)12-6-5-7-13(19)18(12)25(15)16/h3-9H,10-11H2,1-2H3. The van der Waals surface area contributed by atoms with E-state index >= 15 is 0 Å². The van der Waals surface area contributed by atoms with Gasteiger partial charge in [0.2, 0.25) is 0 Å². The highest BCUT2D eigenvalue weighted by Gasteiger charge is 2.25. The zero-order chi connectivity index (χ0) is 18.1. The van der Waals surface area contributed by atoms with E-state index in [1.54, 1.807) is 11.3 Å². The molecule has 8 heteroatoms. The van der Waals surface area contributed by atoms with Crippen LogP contribution in [0.15, 0.2) is 47.6 Å². The molecule has 0 atom stereocenters. The summed E-state index contributed by atoms with van der Waals surface area (Å²) in [5, 5.41) is 10.8. The molecule has 0 bridgehead atoms. The minimum Gasteiger partial charge on any atom is -0.291 e. The van der Waals surface area contributed by atoms with Crippen molar-refractivity contribution in [2.24, 2.45) is 4.99 Å². The van der Waals surface area contributed by atoms with Gasteiger partial charge >= 0.3 is 0 Å². The molecule has 1 aliphatic rings. The molecule has 4 rings (SSSR count). The van der Waals surface area contributed by atoms with Crippen molar-refractivity contribution in [2.75, 3.05) is 14.1 Å². The largest absolute Gasteiger partial charge is 0.291 e. The molecule has 2 aromatic heterocycles. The number of nitrogens with zero attached hydrogens (tertiary/aromatic N) is 6. The summed E-state index contributed by atoms with van der Waals surface area (Å²) in [6.07, 6.45) is 1.75. The van der Waals surface area contributed by atoms with Gasteiger partial charge in [0.15, 0.2) is 11.6 Å². The highest BCUT2D eigenvalue weighted by molar-refractivity contribution is 6.33. The zero-order valence-electron chi connectivity index (χ0n) is 14.4. The third kappa shape index (κ3) is 3.01. The van der Waals surface area contributed by atoms with E-state index in [0.717, 1.165) is 22.7 Å². The lowest BCUT2D eigenvalue weighted by Crippen LogP contribution is -2.16. The van der Waals surface area contributed by atoms with Crippen molar-refractivity contribution in [1.29, 1.82) is 0 Å². The first-order chi connectivity index (χ1) is 12.6. The van der Waals surface area contributed by atoms with Crippen LogP contribution in [-0.2, 0) is 18.0 Å². The fourth-order valence-electron chi connectivity index (χ4n) is 2.88. The molecule has 1 aliphatic heterocycles. The second kappa shape index (κ2) is 6.95. The Balaban J connectivity index is 1.89. The Morgan fingerprint density at radius 3 is 2.81 bits per heavy atom. The topological polar surface area (TPSA) is 68.4 Å². The van der Waals surface area contributed by atoms with E-state index in [1.165, 1.54) is 0 Å². The molecule has 7 nitrogen and oxygen atoms in total. The van der Waals surface area contributed by atoms with Crippen LogP contribution in [0.25, 0.3) is 5.69 Å². The molecular weight excluding hydrogens is 352 g/mol. The van der Waals surface area contributed by atoms with Crippen molar-refractivity contribution in [2.45, 2.75) is 13.2 Å². The van der Waals surface area contributed by atoms with Gasteiger partial charge in [0, 0.05) is 25.9 Å². The van der Waals surface area contributed by atoms with Gasteiger partial charge in [0.1, 0.15) is 13.2 Å². The van der Waals surface area contributed by atoms with Gasteiger partial charge in [-0.3, -0.25) is 19.4 Å². The average molecular weight is 369 g/mol. The molecule has 3 heterocycles. The maximum atomic E-state index is 6.58. The fourth-order valence-corrected chi connectivity index (χ4v) is 3.14. The second-order valence-corrected chi connectivity index (χ2v) is 6.38. The maximum absolute atomic E-state index is 6.58. The van der Waals surface area contributed by atoms with Gasteiger partial charge in [-0.2, -0.15) is 5.06 Å². The minimum absolute atomic E-state index is 0.281. The molecule has 0 N–H and O–H groups in total. The van der Waals surface area contributed by atoms with Crippen LogP contribution >= 0.6 is 11.6 Å². The summed E-state index contributed by atoms with van der Waals surface area (Å²) < 4.78 is 1.93. The number of hydrogen-bond acceptors (Lipinski definition) is 6. The van der Waals surface area contributed by atoms with Crippen LogP contribution in [0.3, 0.4) is 0 Å². The fraction of sp³-hybridized carbons (Fsp3) is 0.222. The Kier molecular flexibility index (Phi) is 4.50. The highest BCUT2D eigenvalue weighted by Crippen LogP contribution is 2.31. The molecule has 3 aromatic rings. The van der Waals surface area contributed by atoms with E-state index in [9.17, 15) is 0 Å². The summed E-state index contributed by atoms with van der Waals surface area (Å²) in [5.74, 6) is 1.38. The Morgan fingerprint density at radius 1 is 1.15 bits per heavy atom. The monoisotopic (exact) mass is 368 g/mol. The van der Waals surface area contributed by atoms with Crippen LogP contribution in [0.1, 0.15) is 22.9 Å². The molecule has 0 saturated heterocycles. The van der Waals surface area contributed by atoms with Crippen LogP contribution < -0.4 is 0 Å². The van der Waals surface area contributed by atoms with E-state index in [2.05, 4.69) is 15.2 Å². The summed E-state index contributed by atoms with van der Waals surface area (Å²) in [5.41, 5.74) is 3.27. The Bertz CT molecular complexity index is 967. The van der Waals surface area contributed by atoms with E-state index in [0.29, 0.717) is 23.2 Å². The van der Waals surface area contributed by atoms with Crippen molar-refractivity contribution in [3.05, 3.63) is 70.5 Å². The number of aromatic nitrogens is 4. The summed E-state index contributed by atoms with van der Waals surface area (Å²) >= 11 is 6.58. The Labute approximate surface area is 155 Å². The van der Waals surface area contributed by atoms with E-state index in [1.807, 2.05) is 55.1 Å². The molecule has 26 heavy (non-hydrogen) atoms. The minimum atomic E-state index is 0.281. The van der Waals surface area contributed by atoms with Crippen LogP contribution in [0.4, 0.5) is 0 Å². The number of pyridine rings is 1. The van der Waals surface area contributed by atoms with Gasteiger partial charge < -0.3 is 0 Å². The normalized spacial score (nSPS) is 13.2. The van der Waals surface area contributed by atoms with E-state index in [-0.39, 0.29) is 6.61 Å². The van der Waals surface area contributed by atoms with Crippen molar-refractivity contribution >= 4 is 17.3 Å². The predicted octanol–water partition coefficient (Wildman–Crippen LogP) is 2.66. The van der Waals surface area contributed by atoms with Gasteiger partial charge in [0.25, 0.3) is 0 Å². The molecule has 1 aromatic carbocycles. The lowest BCUT2D eigenvalue weighted by molar-refractivity contribution is -0.133. The quantitative estimate of drug-likeness (QED) is 0.662. The number of fused-ring (bicyclic) bond motifs is 3. The van der Waals surface area contributed by atoms with E-state index in [4.69, 9.17) is 21.4 Å². The summed E-state index contributed by atoms with van der Waals surface area (Å²) in [4.78, 5) is 14.8. The van der Waals surface area contributed by atoms with Gasteiger partial charge in [-0.25, -0.2) is 0 Å². The number of para-hydroxylation sites is 1. The number of hydroxylamine groups is 2.